The van der Waals surface area contributed by atoms with Crippen molar-refractivity contribution in [2.75, 3.05) is 4.90 Å². The lowest BCUT2D eigenvalue weighted by Gasteiger charge is -2.26. The Kier molecular flexibility index (Phi) is 5.19. The third-order valence-corrected chi connectivity index (χ3v) is 5.71. The molecule has 2 heterocycles. The largest absolute Gasteiger partial charge is 0.507 e. The topological polar surface area (TPSA) is 70.5 Å². The summed E-state index contributed by atoms with van der Waals surface area (Å²) in [7, 11) is 0. The quantitative estimate of drug-likeness (QED) is 0.376. The summed E-state index contributed by atoms with van der Waals surface area (Å²) in [5, 5.41) is 11.2. The van der Waals surface area contributed by atoms with E-state index >= 15 is 0 Å². The second-order valence-corrected chi connectivity index (χ2v) is 8.10. The van der Waals surface area contributed by atoms with Crippen molar-refractivity contribution >= 4 is 23.1 Å². The van der Waals surface area contributed by atoms with Crippen molar-refractivity contribution in [3.05, 3.63) is 99.9 Å². The molecule has 1 aromatic heterocycles. The minimum Gasteiger partial charge on any atom is -0.507 e. The zero-order valence-corrected chi connectivity index (χ0v) is 18.0. The summed E-state index contributed by atoms with van der Waals surface area (Å²) < 4.78 is 0. The van der Waals surface area contributed by atoms with E-state index in [1.807, 2.05) is 64.1 Å². The molecular weight excluding hydrogens is 388 g/mol. The molecule has 1 fully saturated rings. The van der Waals surface area contributed by atoms with Crippen molar-refractivity contribution in [3.63, 3.8) is 0 Å². The Balaban J connectivity index is 1.97. The summed E-state index contributed by atoms with van der Waals surface area (Å²) in [5.74, 6) is -1.55. The molecule has 0 aliphatic carbocycles. The summed E-state index contributed by atoms with van der Waals surface area (Å²) in [6, 6.07) is 14.0. The number of Topliss-reactive ketones (excluding diaryl/α,β-unsaturated/α-hetero) is 1. The van der Waals surface area contributed by atoms with Crippen LogP contribution in [0.15, 0.2) is 66.5 Å². The number of aryl methyl sites for hydroxylation is 4. The number of anilines is 1. The molecule has 1 amide bonds. The number of hydrogen-bond donors (Lipinski definition) is 1. The highest BCUT2D eigenvalue weighted by Crippen LogP contribution is 2.42. The minimum atomic E-state index is -0.767. The smallest absolute Gasteiger partial charge is 0.300 e. The molecule has 5 heteroatoms. The summed E-state index contributed by atoms with van der Waals surface area (Å²) in [6.07, 6.45) is 3.26. The molecule has 4 rings (SSSR count). The van der Waals surface area contributed by atoms with E-state index in [1.54, 1.807) is 24.5 Å². The van der Waals surface area contributed by atoms with Crippen LogP contribution in [0.5, 0.6) is 0 Å². The standard InChI is InChI=1S/C26H24N2O3/c1-15-10-16(2)12-21(11-15)28-23(20-6-5-9-27-14-20)22(25(30)26(28)31)24(29)19-8-7-17(3)18(4)13-19/h5-14,23,29H,1-4H3/b24-22-. The Morgan fingerprint density at radius 3 is 2.26 bits per heavy atom. The molecule has 0 radical (unpaired) electrons. The molecule has 2 aromatic carbocycles. The Labute approximate surface area is 181 Å². The highest BCUT2D eigenvalue weighted by Gasteiger charge is 2.47. The Morgan fingerprint density at radius 1 is 0.935 bits per heavy atom. The van der Waals surface area contributed by atoms with Crippen LogP contribution >= 0.6 is 0 Å². The van der Waals surface area contributed by atoms with Gasteiger partial charge in [0.2, 0.25) is 0 Å². The van der Waals surface area contributed by atoms with Gasteiger partial charge in [0.1, 0.15) is 5.76 Å². The highest BCUT2D eigenvalue weighted by atomic mass is 16.3. The SMILES string of the molecule is Cc1cc(C)cc(N2C(=O)C(=O)/C(=C(\O)c3ccc(C)c(C)c3)C2c2cccnc2)c1. The van der Waals surface area contributed by atoms with Crippen molar-refractivity contribution in [2.24, 2.45) is 0 Å². The van der Waals surface area contributed by atoms with E-state index in [9.17, 15) is 14.7 Å². The molecule has 0 bridgehead atoms. The van der Waals surface area contributed by atoms with E-state index in [0.29, 0.717) is 16.8 Å². The summed E-state index contributed by atoms with van der Waals surface area (Å²) in [4.78, 5) is 32.0. The number of carbonyl (C=O) groups excluding carboxylic acids is 2. The van der Waals surface area contributed by atoms with Crippen molar-refractivity contribution < 1.29 is 14.7 Å². The Morgan fingerprint density at radius 2 is 1.65 bits per heavy atom. The number of rotatable bonds is 3. The number of hydrogen-bond acceptors (Lipinski definition) is 4. The van der Waals surface area contributed by atoms with Gasteiger partial charge in [-0.05, 0) is 79.8 Å². The third kappa shape index (κ3) is 3.63. The van der Waals surface area contributed by atoms with Crippen LogP contribution in [-0.4, -0.2) is 21.8 Å². The molecule has 1 saturated heterocycles. The van der Waals surface area contributed by atoms with Crippen molar-refractivity contribution in [3.8, 4) is 0 Å². The number of aliphatic hydroxyl groups is 1. The second-order valence-electron chi connectivity index (χ2n) is 8.10. The predicted octanol–water partition coefficient (Wildman–Crippen LogP) is 4.94. The first kappa shape index (κ1) is 20.5. The van der Waals surface area contributed by atoms with Gasteiger partial charge in [-0.25, -0.2) is 0 Å². The first-order valence-electron chi connectivity index (χ1n) is 10.1. The number of carbonyl (C=O) groups is 2. The molecule has 0 spiro atoms. The fourth-order valence-corrected chi connectivity index (χ4v) is 4.09. The molecule has 156 valence electrons. The van der Waals surface area contributed by atoms with Gasteiger partial charge >= 0.3 is 0 Å². The maximum atomic E-state index is 13.2. The lowest BCUT2D eigenvalue weighted by Crippen LogP contribution is -2.29. The zero-order chi connectivity index (χ0) is 22.3. The fraction of sp³-hybridized carbons (Fsp3) is 0.192. The lowest BCUT2D eigenvalue weighted by atomic mass is 9.95. The van der Waals surface area contributed by atoms with Gasteiger partial charge in [0, 0.05) is 23.6 Å². The van der Waals surface area contributed by atoms with Crippen LogP contribution in [0, 0.1) is 27.7 Å². The molecule has 31 heavy (non-hydrogen) atoms. The van der Waals surface area contributed by atoms with Crippen LogP contribution in [0.25, 0.3) is 5.76 Å². The van der Waals surface area contributed by atoms with Gasteiger partial charge < -0.3 is 5.11 Å². The summed E-state index contributed by atoms with van der Waals surface area (Å²) in [5.41, 5.74) is 5.89. The van der Waals surface area contributed by atoms with Crippen molar-refractivity contribution in [2.45, 2.75) is 33.7 Å². The monoisotopic (exact) mass is 412 g/mol. The van der Waals surface area contributed by atoms with E-state index in [4.69, 9.17) is 0 Å². The summed E-state index contributed by atoms with van der Waals surface area (Å²) >= 11 is 0. The van der Waals surface area contributed by atoms with Gasteiger partial charge in [-0.1, -0.05) is 24.3 Å². The Bertz CT molecular complexity index is 1210. The van der Waals surface area contributed by atoms with E-state index in [-0.39, 0.29) is 11.3 Å². The predicted molar refractivity (Wildman–Crippen MR) is 121 cm³/mol. The minimum absolute atomic E-state index is 0.0698. The van der Waals surface area contributed by atoms with Gasteiger partial charge in [-0.2, -0.15) is 0 Å². The number of aromatic nitrogens is 1. The fourth-order valence-electron chi connectivity index (χ4n) is 4.09. The number of benzene rings is 2. The molecule has 1 aliphatic heterocycles. The van der Waals surface area contributed by atoms with Gasteiger partial charge in [-0.3, -0.25) is 19.5 Å². The molecular formula is C26H24N2O3. The highest BCUT2D eigenvalue weighted by molar-refractivity contribution is 6.51. The van der Waals surface area contributed by atoms with Crippen LogP contribution in [0.3, 0.4) is 0 Å². The van der Waals surface area contributed by atoms with Crippen LogP contribution < -0.4 is 4.90 Å². The molecule has 1 unspecified atom stereocenters. The molecule has 1 N–H and O–H groups in total. The maximum absolute atomic E-state index is 13.2. The normalized spacial score (nSPS) is 17.9. The number of aliphatic hydroxyl groups excluding tert-OH is 1. The van der Waals surface area contributed by atoms with Crippen LogP contribution in [0.4, 0.5) is 5.69 Å². The number of ketones is 1. The number of pyridine rings is 1. The Hall–Kier alpha value is -3.73. The second kappa shape index (κ2) is 7.84. The lowest BCUT2D eigenvalue weighted by molar-refractivity contribution is -0.132. The van der Waals surface area contributed by atoms with E-state index < -0.39 is 17.7 Å². The van der Waals surface area contributed by atoms with Gasteiger partial charge in [0.25, 0.3) is 11.7 Å². The maximum Gasteiger partial charge on any atom is 0.300 e. The zero-order valence-electron chi connectivity index (χ0n) is 18.0. The van der Waals surface area contributed by atoms with Crippen molar-refractivity contribution in [1.29, 1.82) is 0 Å². The first-order valence-corrected chi connectivity index (χ1v) is 10.1. The van der Waals surface area contributed by atoms with Crippen LogP contribution in [0.1, 0.15) is 39.4 Å². The van der Waals surface area contributed by atoms with Gasteiger partial charge in [-0.15, -0.1) is 0 Å². The van der Waals surface area contributed by atoms with E-state index in [2.05, 4.69) is 4.98 Å². The number of amides is 1. The average molecular weight is 412 g/mol. The van der Waals surface area contributed by atoms with Crippen LogP contribution in [-0.2, 0) is 9.59 Å². The third-order valence-electron chi connectivity index (χ3n) is 5.71. The van der Waals surface area contributed by atoms with E-state index in [1.165, 1.54) is 4.90 Å². The first-order chi connectivity index (χ1) is 14.8. The molecule has 3 aromatic rings. The molecule has 0 saturated carbocycles. The molecule has 1 atom stereocenters. The number of nitrogens with zero attached hydrogens (tertiary/aromatic N) is 2. The molecule has 5 nitrogen and oxygen atoms in total. The molecule has 1 aliphatic rings. The van der Waals surface area contributed by atoms with E-state index in [0.717, 1.165) is 22.3 Å². The van der Waals surface area contributed by atoms with Gasteiger partial charge in [0.05, 0.1) is 11.6 Å². The van der Waals surface area contributed by atoms with Crippen molar-refractivity contribution in [1.82, 2.24) is 4.98 Å². The summed E-state index contributed by atoms with van der Waals surface area (Å²) in [6.45, 7) is 7.81. The average Bonchev–Trinajstić information content (AvgIpc) is 3.00. The van der Waals surface area contributed by atoms with Gasteiger partial charge in [0.15, 0.2) is 0 Å². The van der Waals surface area contributed by atoms with Crippen LogP contribution in [0.2, 0.25) is 0 Å².